The van der Waals surface area contributed by atoms with Gasteiger partial charge in [0.25, 0.3) is 0 Å². The minimum Gasteiger partial charge on any atom is -0.480 e. The molecule has 2 atom stereocenters. The summed E-state index contributed by atoms with van der Waals surface area (Å²) < 4.78 is 0. The van der Waals surface area contributed by atoms with Gasteiger partial charge in [0, 0.05) is 30.9 Å². The molecule has 1 heterocycles. The molecule has 1 aliphatic heterocycles. The maximum atomic E-state index is 11.0. The Hall–Kier alpha value is -2.84. The average molecular weight is 349 g/mol. The van der Waals surface area contributed by atoms with Gasteiger partial charge in [0.1, 0.15) is 0 Å². The molecule has 0 spiro atoms. The highest BCUT2D eigenvalue weighted by Crippen LogP contribution is 2.26. The molecule has 1 N–H and O–H groups in total. The van der Waals surface area contributed by atoms with E-state index in [0.29, 0.717) is 5.56 Å². The van der Waals surface area contributed by atoms with Crippen molar-refractivity contribution >= 4 is 11.7 Å². The van der Waals surface area contributed by atoms with Crippen LogP contribution in [0.2, 0.25) is 0 Å². The summed E-state index contributed by atoms with van der Waals surface area (Å²) in [6, 6.07) is 18.5. The average Bonchev–Trinajstić information content (AvgIpc) is 2.64. The second-order valence-electron chi connectivity index (χ2n) is 6.91. The van der Waals surface area contributed by atoms with Crippen molar-refractivity contribution in [2.75, 3.05) is 24.5 Å². The van der Waals surface area contributed by atoms with E-state index in [1.54, 1.807) is 0 Å². The lowest BCUT2D eigenvalue weighted by atomic mass is 10.0. The summed E-state index contributed by atoms with van der Waals surface area (Å²) in [5.41, 5.74) is 4.01. The number of carboxylic acid groups (broad SMARTS) is 1. The molecule has 1 saturated heterocycles. The zero-order chi connectivity index (χ0) is 18.7. The van der Waals surface area contributed by atoms with Crippen molar-refractivity contribution < 1.29 is 9.90 Å². The number of rotatable bonds is 4. The standard InChI is InChI=1S/C21H23N3O2/c1-15-12-23(13-16(2)24(15)14-21(25)26)20-9-7-19(8-10-20)18-5-3-17(11-22)4-6-18/h3-10,15-16H,12-14H2,1-2H3,(H,25,26). The number of nitriles is 1. The number of piperazine rings is 1. The number of aliphatic carboxylic acids is 1. The molecule has 5 heteroatoms. The van der Waals surface area contributed by atoms with Gasteiger partial charge < -0.3 is 10.0 Å². The molecule has 2 aromatic carbocycles. The second-order valence-corrected chi connectivity index (χ2v) is 6.91. The molecular formula is C21H23N3O2. The number of nitrogens with zero attached hydrogens (tertiary/aromatic N) is 3. The summed E-state index contributed by atoms with van der Waals surface area (Å²) >= 11 is 0. The molecule has 3 rings (SSSR count). The van der Waals surface area contributed by atoms with Crippen LogP contribution in [-0.2, 0) is 4.79 Å². The topological polar surface area (TPSA) is 67.6 Å². The summed E-state index contributed by atoms with van der Waals surface area (Å²) in [6.45, 7) is 5.88. The minimum atomic E-state index is -0.774. The van der Waals surface area contributed by atoms with Gasteiger partial charge in [-0.2, -0.15) is 5.26 Å². The number of hydrogen-bond acceptors (Lipinski definition) is 4. The van der Waals surface area contributed by atoms with Crippen LogP contribution < -0.4 is 4.90 Å². The number of hydrogen-bond donors (Lipinski definition) is 1. The Labute approximate surface area is 154 Å². The monoisotopic (exact) mass is 349 g/mol. The maximum Gasteiger partial charge on any atom is 0.317 e. The smallest absolute Gasteiger partial charge is 0.317 e. The van der Waals surface area contributed by atoms with Gasteiger partial charge in [0.15, 0.2) is 0 Å². The highest BCUT2D eigenvalue weighted by Gasteiger charge is 2.30. The van der Waals surface area contributed by atoms with Crippen LogP contribution in [0.3, 0.4) is 0 Å². The Kier molecular flexibility index (Phi) is 5.24. The lowest BCUT2D eigenvalue weighted by molar-refractivity contribution is -0.139. The third-order valence-electron chi connectivity index (χ3n) is 5.00. The highest BCUT2D eigenvalue weighted by molar-refractivity contribution is 5.69. The lowest BCUT2D eigenvalue weighted by Gasteiger charge is -2.44. The van der Waals surface area contributed by atoms with Crippen molar-refractivity contribution in [3.05, 3.63) is 54.1 Å². The Morgan fingerprint density at radius 2 is 1.54 bits per heavy atom. The SMILES string of the molecule is CC1CN(c2ccc(-c3ccc(C#N)cc3)cc2)CC(C)N1CC(=O)O. The molecule has 0 saturated carbocycles. The molecule has 2 unspecified atom stereocenters. The van der Waals surface area contributed by atoms with Crippen molar-refractivity contribution in [2.45, 2.75) is 25.9 Å². The van der Waals surface area contributed by atoms with Crippen molar-refractivity contribution in [1.29, 1.82) is 5.26 Å². The van der Waals surface area contributed by atoms with Crippen LogP contribution in [0.5, 0.6) is 0 Å². The third-order valence-corrected chi connectivity index (χ3v) is 5.00. The normalized spacial score (nSPS) is 20.6. The molecule has 0 aliphatic carbocycles. The predicted molar refractivity (Wildman–Crippen MR) is 102 cm³/mol. The quantitative estimate of drug-likeness (QED) is 0.918. The Bertz CT molecular complexity index is 797. The van der Waals surface area contributed by atoms with E-state index in [1.165, 1.54) is 0 Å². The van der Waals surface area contributed by atoms with Gasteiger partial charge >= 0.3 is 5.97 Å². The summed E-state index contributed by atoms with van der Waals surface area (Å²) in [4.78, 5) is 15.4. The Balaban J connectivity index is 1.72. The molecule has 0 bridgehead atoms. The first kappa shape index (κ1) is 18.0. The first-order valence-electron chi connectivity index (χ1n) is 8.81. The summed E-state index contributed by atoms with van der Waals surface area (Å²) in [6.07, 6.45) is 0. The van der Waals surface area contributed by atoms with Gasteiger partial charge in [-0.1, -0.05) is 24.3 Å². The molecule has 5 nitrogen and oxygen atoms in total. The maximum absolute atomic E-state index is 11.0. The minimum absolute atomic E-state index is 0.0911. The second kappa shape index (κ2) is 7.59. The van der Waals surface area contributed by atoms with E-state index in [-0.39, 0.29) is 18.6 Å². The van der Waals surface area contributed by atoms with Crippen molar-refractivity contribution in [1.82, 2.24) is 4.90 Å². The highest BCUT2D eigenvalue weighted by atomic mass is 16.4. The molecule has 2 aromatic rings. The molecule has 1 fully saturated rings. The van der Waals surface area contributed by atoms with Gasteiger partial charge in [-0.05, 0) is 49.2 Å². The molecule has 1 aliphatic rings. The zero-order valence-electron chi connectivity index (χ0n) is 15.1. The summed E-state index contributed by atoms with van der Waals surface area (Å²) in [7, 11) is 0. The van der Waals surface area contributed by atoms with Crippen molar-refractivity contribution in [3.63, 3.8) is 0 Å². The van der Waals surface area contributed by atoms with E-state index in [9.17, 15) is 4.79 Å². The largest absolute Gasteiger partial charge is 0.480 e. The van der Waals surface area contributed by atoms with Crippen LogP contribution in [0.1, 0.15) is 19.4 Å². The molecule has 26 heavy (non-hydrogen) atoms. The van der Waals surface area contributed by atoms with Crippen LogP contribution >= 0.6 is 0 Å². The van der Waals surface area contributed by atoms with Crippen molar-refractivity contribution in [3.8, 4) is 17.2 Å². The Morgan fingerprint density at radius 1 is 1.04 bits per heavy atom. The van der Waals surface area contributed by atoms with Crippen LogP contribution in [-0.4, -0.2) is 47.7 Å². The van der Waals surface area contributed by atoms with Crippen LogP contribution in [0.4, 0.5) is 5.69 Å². The van der Waals surface area contributed by atoms with E-state index in [1.807, 2.05) is 29.2 Å². The number of carbonyl (C=O) groups is 1. The fourth-order valence-electron chi connectivity index (χ4n) is 3.64. The fraction of sp³-hybridized carbons (Fsp3) is 0.333. The molecular weight excluding hydrogens is 326 g/mol. The van der Waals surface area contributed by atoms with E-state index in [0.717, 1.165) is 29.9 Å². The van der Waals surface area contributed by atoms with Gasteiger partial charge in [0.05, 0.1) is 18.2 Å². The Morgan fingerprint density at radius 3 is 2.00 bits per heavy atom. The molecule has 0 amide bonds. The van der Waals surface area contributed by atoms with Gasteiger partial charge in [-0.25, -0.2) is 0 Å². The number of carboxylic acids is 1. The first-order chi connectivity index (χ1) is 12.5. The first-order valence-corrected chi connectivity index (χ1v) is 8.81. The summed E-state index contributed by atoms with van der Waals surface area (Å²) in [5.74, 6) is -0.774. The van der Waals surface area contributed by atoms with Crippen molar-refractivity contribution in [2.24, 2.45) is 0 Å². The molecule has 134 valence electrons. The molecule has 0 aromatic heterocycles. The summed E-state index contributed by atoms with van der Waals surface area (Å²) in [5, 5.41) is 18.0. The number of benzene rings is 2. The van der Waals surface area contributed by atoms with Crippen LogP contribution in [0, 0.1) is 11.3 Å². The lowest BCUT2D eigenvalue weighted by Crippen LogP contribution is -2.58. The molecule has 0 radical (unpaired) electrons. The van der Waals surface area contributed by atoms with Gasteiger partial charge in [-0.15, -0.1) is 0 Å². The zero-order valence-corrected chi connectivity index (χ0v) is 15.1. The van der Waals surface area contributed by atoms with Crippen LogP contribution in [0.15, 0.2) is 48.5 Å². The van der Waals surface area contributed by atoms with E-state index < -0.39 is 5.97 Å². The third kappa shape index (κ3) is 3.87. The van der Waals surface area contributed by atoms with E-state index in [2.05, 4.69) is 49.1 Å². The van der Waals surface area contributed by atoms with Crippen LogP contribution in [0.25, 0.3) is 11.1 Å². The van der Waals surface area contributed by atoms with Gasteiger partial charge in [0.2, 0.25) is 0 Å². The van der Waals surface area contributed by atoms with Gasteiger partial charge in [-0.3, -0.25) is 9.69 Å². The fourth-order valence-corrected chi connectivity index (χ4v) is 3.64. The predicted octanol–water partition coefficient (Wildman–Crippen LogP) is 3.21. The van der Waals surface area contributed by atoms with E-state index in [4.69, 9.17) is 10.4 Å². The van der Waals surface area contributed by atoms with E-state index >= 15 is 0 Å². The number of anilines is 1.